The minimum Gasteiger partial charge on any atom is -0.310 e. The van der Waals surface area contributed by atoms with Gasteiger partial charge in [0.1, 0.15) is 0 Å². The van der Waals surface area contributed by atoms with E-state index in [9.17, 15) is 0 Å². The number of aryl methyl sites for hydroxylation is 3. The first-order chi connectivity index (χ1) is 9.51. The van der Waals surface area contributed by atoms with Gasteiger partial charge in [0.05, 0.1) is 5.69 Å². The fourth-order valence-electron chi connectivity index (χ4n) is 2.50. The van der Waals surface area contributed by atoms with Crippen LogP contribution in [0.1, 0.15) is 35.5 Å². The fraction of sp³-hybridized carbons (Fsp3) is 0.438. The van der Waals surface area contributed by atoms with Crippen molar-refractivity contribution in [1.82, 2.24) is 15.1 Å². The highest BCUT2D eigenvalue weighted by Gasteiger charge is 2.14. The van der Waals surface area contributed by atoms with Gasteiger partial charge < -0.3 is 5.32 Å². The zero-order valence-corrected chi connectivity index (χ0v) is 14.2. The molecular weight excluding hydrogens is 314 g/mol. The molecule has 1 aromatic carbocycles. The Labute approximate surface area is 129 Å². The van der Waals surface area contributed by atoms with E-state index >= 15 is 0 Å². The van der Waals surface area contributed by atoms with Crippen molar-refractivity contribution < 1.29 is 0 Å². The Kier molecular flexibility index (Phi) is 5.00. The molecule has 0 aliphatic carbocycles. The molecule has 4 heteroatoms. The zero-order valence-electron chi connectivity index (χ0n) is 12.6. The van der Waals surface area contributed by atoms with Crippen LogP contribution in [-0.4, -0.2) is 16.3 Å². The van der Waals surface area contributed by atoms with Crippen LogP contribution in [0.5, 0.6) is 0 Å². The first kappa shape index (κ1) is 15.3. The lowest BCUT2D eigenvalue weighted by atomic mass is 10.00. The van der Waals surface area contributed by atoms with Gasteiger partial charge in [-0.25, -0.2) is 0 Å². The molecule has 1 atom stereocenters. The van der Waals surface area contributed by atoms with Crippen LogP contribution in [0.2, 0.25) is 0 Å². The van der Waals surface area contributed by atoms with Gasteiger partial charge in [-0.15, -0.1) is 0 Å². The maximum Gasteiger partial charge on any atom is 0.0596 e. The highest BCUT2D eigenvalue weighted by Crippen LogP contribution is 2.24. The number of aromatic nitrogens is 2. The summed E-state index contributed by atoms with van der Waals surface area (Å²) in [5.41, 5.74) is 4.93. The van der Waals surface area contributed by atoms with E-state index in [1.54, 1.807) is 0 Å². The number of nitrogens with zero attached hydrogens (tertiary/aromatic N) is 2. The number of likely N-dealkylation sites (N-methyl/N-ethyl adjacent to an activating group) is 1. The van der Waals surface area contributed by atoms with Crippen molar-refractivity contribution in [3.8, 4) is 0 Å². The molecule has 0 aliphatic rings. The maximum absolute atomic E-state index is 4.43. The van der Waals surface area contributed by atoms with E-state index < -0.39 is 0 Å². The Morgan fingerprint density at radius 3 is 2.60 bits per heavy atom. The molecule has 3 nitrogen and oxygen atoms in total. The van der Waals surface area contributed by atoms with Gasteiger partial charge in [0.2, 0.25) is 0 Å². The standard InChI is InChI=1S/C16H22BrN3/c1-5-18-16(10-14-9-12(3)19-20(14)4)13-6-7-15(17)11(2)8-13/h6-9,16,18H,5,10H2,1-4H3. The predicted molar refractivity (Wildman–Crippen MR) is 86.9 cm³/mol. The van der Waals surface area contributed by atoms with E-state index in [4.69, 9.17) is 0 Å². The summed E-state index contributed by atoms with van der Waals surface area (Å²) in [6.07, 6.45) is 0.951. The summed E-state index contributed by atoms with van der Waals surface area (Å²) in [6.45, 7) is 7.27. The highest BCUT2D eigenvalue weighted by atomic mass is 79.9. The molecule has 0 fully saturated rings. The maximum atomic E-state index is 4.43. The minimum atomic E-state index is 0.321. The summed E-state index contributed by atoms with van der Waals surface area (Å²) < 4.78 is 3.14. The number of halogens is 1. The van der Waals surface area contributed by atoms with Crippen LogP contribution in [0.15, 0.2) is 28.7 Å². The molecule has 2 aromatic rings. The molecule has 1 aromatic heterocycles. The van der Waals surface area contributed by atoms with Gasteiger partial charge in [0.25, 0.3) is 0 Å². The van der Waals surface area contributed by atoms with E-state index in [1.165, 1.54) is 16.8 Å². The van der Waals surface area contributed by atoms with Gasteiger partial charge in [0.15, 0.2) is 0 Å². The second-order valence-electron chi connectivity index (χ2n) is 5.22. The van der Waals surface area contributed by atoms with E-state index in [2.05, 4.69) is 64.5 Å². The average molecular weight is 336 g/mol. The van der Waals surface area contributed by atoms with Crippen LogP contribution < -0.4 is 5.32 Å². The zero-order chi connectivity index (χ0) is 14.7. The third-order valence-electron chi connectivity index (χ3n) is 3.55. The lowest BCUT2D eigenvalue weighted by Crippen LogP contribution is -2.24. The van der Waals surface area contributed by atoms with Crippen LogP contribution in [-0.2, 0) is 13.5 Å². The van der Waals surface area contributed by atoms with Gasteiger partial charge >= 0.3 is 0 Å². The summed E-state index contributed by atoms with van der Waals surface area (Å²) in [5, 5.41) is 8.01. The predicted octanol–water partition coefficient (Wildman–Crippen LogP) is 3.69. The highest BCUT2D eigenvalue weighted by molar-refractivity contribution is 9.10. The molecular formula is C16H22BrN3. The number of hydrogen-bond acceptors (Lipinski definition) is 2. The Balaban J connectivity index is 2.26. The van der Waals surface area contributed by atoms with Gasteiger partial charge in [-0.2, -0.15) is 5.10 Å². The summed E-state index contributed by atoms with van der Waals surface area (Å²) in [7, 11) is 2.01. The molecule has 1 N–H and O–H groups in total. The van der Waals surface area contributed by atoms with Crippen molar-refractivity contribution in [3.05, 3.63) is 51.3 Å². The van der Waals surface area contributed by atoms with Crippen LogP contribution >= 0.6 is 15.9 Å². The first-order valence-corrected chi connectivity index (χ1v) is 7.79. The van der Waals surface area contributed by atoms with Gasteiger partial charge in [0, 0.05) is 29.7 Å². The molecule has 1 unspecified atom stereocenters. The van der Waals surface area contributed by atoms with E-state index in [1.807, 2.05) is 18.7 Å². The molecule has 0 radical (unpaired) electrons. The van der Waals surface area contributed by atoms with E-state index in [-0.39, 0.29) is 0 Å². The molecule has 0 saturated carbocycles. The normalized spacial score (nSPS) is 12.7. The van der Waals surface area contributed by atoms with Crippen molar-refractivity contribution >= 4 is 15.9 Å². The van der Waals surface area contributed by atoms with Gasteiger partial charge in [-0.3, -0.25) is 4.68 Å². The molecule has 0 bridgehead atoms. The minimum absolute atomic E-state index is 0.321. The average Bonchev–Trinajstić information content (AvgIpc) is 2.71. The topological polar surface area (TPSA) is 29.9 Å². The second kappa shape index (κ2) is 6.55. The molecule has 0 saturated heterocycles. The summed E-state index contributed by atoms with van der Waals surface area (Å²) in [4.78, 5) is 0. The fourth-order valence-corrected chi connectivity index (χ4v) is 2.75. The lowest BCUT2D eigenvalue weighted by molar-refractivity contribution is 0.528. The number of rotatable bonds is 5. The van der Waals surface area contributed by atoms with Crippen molar-refractivity contribution in [3.63, 3.8) is 0 Å². The Bertz CT molecular complexity index is 589. The summed E-state index contributed by atoms with van der Waals surface area (Å²) in [6, 6.07) is 9.05. The SMILES string of the molecule is CCNC(Cc1cc(C)nn1C)c1ccc(Br)c(C)c1. The molecule has 1 heterocycles. The summed E-state index contributed by atoms with van der Waals surface area (Å²) in [5.74, 6) is 0. The Morgan fingerprint density at radius 2 is 2.05 bits per heavy atom. The van der Waals surface area contributed by atoms with Crippen LogP contribution in [0, 0.1) is 13.8 Å². The van der Waals surface area contributed by atoms with Crippen molar-refractivity contribution in [2.45, 2.75) is 33.2 Å². The van der Waals surface area contributed by atoms with Crippen molar-refractivity contribution in [1.29, 1.82) is 0 Å². The second-order valence-corrected chi connectivity index (χ2v) is 6.08. The van der Waals surface area contributed by atoms with Crippen LogP contribution in [0.3, 0.4) is 0 Å². The lowest BCUT2D eigenvalue weighted by Gasteiger charge is -2.19. The monoisotopic (exact) mass is 335 g/mol. The largest absolute Gasteiger partial charge is 0.310 e. The molecule has 20 heavy (non-hydrogen) atoms. The van der Waals surface area contributed by atoms with Crippen molar-refractivity contribution in [2.24, 2.45) is 7.05 Å². The van der Waals surface area contributed by atoms with Crippen molar-refractivity contribution in [2.75, 3.05) is 6.54 Å². The van der Waals surface area contributed by atoms with Crippen LogP contribution in [0.4, 0.5) is 0 Å². The van der Waals surface area contributed by atoms with Gasteiger partial charge in [-0.05, 0) is 43.7 Å². The Hall–Kier alpha value is -1.13. The van der Waals surface area contributed by atoms with Gasteiger partial charge in [-0.1, -0.05) is 35.0 Å². The number of nitrogens with one attached hydrogen (secondary N) is 1. The number of benzene rings is 1. The number of hydrogen-bond donors (Lipinski definition) is 1. The molecule has 108 valence electrons. The molecule has 0 spiro atoms. The molecule has 0 amide bonds. The molecule has 0 aliphatic heterocycles. The Morgan fingerprint density at radius 1 is 1.30 bits per heavy atom. The van der Waals surface area contributed by atoms with E-state index in [0.717, 1.165) is 23.1 Å². The molecule has 2 rings (SSSR count). The third-order valence-corrected chi connectivity index (χ3v) is 4.44. The summed E-state index contributed by atoms with van der Waals surface area (Å²) >= 11 is 3.56. The third kappa shape index (κ3) is 3.49. The smallest absolute Gasteiger partial charge is 0.0596 e. The van der Waals surface area contributed by atoms with E-state index in [0.29, 0.717) is 6.04 Å². The quantitative estimate of drug-likeness (QED) is 0.902. The first-order valence-electron chi connectivity index (χ1n) is 7.00. The van der Waals surface area contributed by atoms with Crippen LogP contribution in [0.25, 0.3) is 0 Å².